The van der Waals surface area contributed by atoms with E-state index in [0.29, 0.717) is 0 Å². The maximum Gasteiger partial charge on any atom is 0.321 e. The number of rotatable bonds is 7. The highest BCUT2D eigenvalue weighted by Crippen LogP contribution is 2.12. The summed E-state index contributed by atoms with van der Waals surface area (Å²) in [4.78, 5) is 21.6. The maximum absolute atomic E-state index is 13.0. The number of halogens is 1. The van der Waals surface area contributed by atoms with Crippen LogP contribution in [0.25, 0.3) is 0 Å². The van der Waals surface area contributed by atoms with Crippen molar-refractivity contribution < 1.29 is 32.2 Å². The van der Waals surface area contributed by atoms with Gasteiger partial charge in [-0.15, -0.1) is 0 Å². The molecule has 9 heteroatoms. The molecule has 0 heterocycles. The molecule has 0 radical (unpaired) electrons. The van der Waals surface area contributed by atoms with E-state index in [1.165, 1.54) is 6.07 Å². The van der Waals surface area contributed by atoms with Gasteiger partial charge in [0.25, 0.3) is 0 Å². The van der Waals surface area contributed by atoms with Gasteiger partial charge in [0.05, 0.1) is 12.0 Å². The average molecular weight is 319 g/mol. The summed E-state index contributed by atoms with van der Waals surface area (Å²) in [6.45, 7) is 0. The molecule has 0 saturated heterocycles. The smallest absolute Gasteiger partial charge is 0.321 e. The highest BCUT2D eigenvalue weighted by atomic mass is 32.2. The van der Waals surface area contributed by atoms with Crippen LogP contribution in [-0.2, 0) is 24.3 Å². The van der Waals surface area contributed by atoms with Crippen molar-refractivity contribution in [2.45, 2.75) is 23.8 Å². The van der Waals surface area contributed by atoms with Crippen molar-refractivity contribution >= 4 is 22.0 Å². The van der Waals surface area contributed by atoms with Crippen molar-refractivity contribution in [1.82, 2.24) is 4.72 Å². The third-order valence-corrected chi connectivity index (χ3v) is 4.04. The SMILES string of the molecule is COC(=O)CC[C@@H](NS(=O)(=O)c1cccc(F)c1)C(=O)O. The van der Waals surface area contributed by atoms with Crippen LogP contribution in [-0.4, -0.2) is 38.6 Å². The first-order valence-electron chi connectivity index (χ1n) is 5.84. The monoisotopic (exact) mass is 319 g/mol. The molecule has 0 aliphatic heterocycles. The number of aliphatic carboxylic acids is 1. The Morgan fingerprint density at radius 1 is 1.43 bits per heavy atom. The molecule has 0 saturated carbocycles. The lowest BCUT2D eigenvalue weighted by Gasteiger charge is -2.14. The quantitative estimate of drug-likeness (QED) is 0.709. The van der Waals surface area contributed by atoms with Gasteiger partial charge in [-0.25, -0.2) is 12.8 Å². The zero-order valence-electron chi connectivity index (χ0n) is 11.1. The second-order valence-corrected chi connectivity index (χ2v) is 5.80. The molecule has 7 nitrogen and oxygen atoms in total. The molecular formula is C12H14FNO6S. The number of esters is 1. The summed E-state index contributed by atoms with van der Waals surface area (Å²) in [5.41, 5.74) is 0. The Bertz CT molecular complexity index is 630. The summed E-state index contributed by atoms with van der Waals surface area (Å²) >= 11 is 0. The highest BCUT2D eigenvalue weighted by molar-refractivity contribution is 7.89. The van der Waals surface area contributed by atoms with Crippen molar-refractivity contribution in [1.29, 1.82) is 0 Å². The number of benzene rings is 1. The number of nitrogens with one attached hydrogen (secondary N) is 1. The number of carbonyl (C=O) groups is 2. The minimum absolute atomic E-state index is 0.265. The molecule has 0 spiro atoms. The third kappa shape index (κ3) is 5.12. The van der Waals surface area contributed by atoms with E-state index in [1.54, 1.807) is 0 Å². The lowest BCUT2D eigenvalue weighted by molar-refractivity contribution is -0.142. The van der Waals surface area contributed by atoms with E-state index in [-0.39, 0.29) is 12.8 Å². The van der Waals surface area contributed by atoms with E-state index in [0.717, 1.165) is 25.3 Å². The Labute approximate surface area is 120 Å². The van der Waals surface area contributed by atoms with E-state index in [1.807, 2.05) is 4.72 Å². The molecule has 1 aromatic rings. The zero-order chi connectivity index (χ0) is 16.0. The molecule has 0 unspecified atom stereocenters. The van der Waals surface area contributed by atoms with Crippen LogP contribution in [0.3, 0.4) is 0 Å². The van der Waals surface area contributed by atoms with Crippen LogP contribution in [0.4, 0.5) is 4.39 Å². The Hall–Kier alpha value is -2.00. The van der Waals surface area contributed by atoms with E-state index in [2.05, 4.69) is 4.74 Å². The molecule has 1 rings (SSSR count). The number of carbonyl (C=O) groups excluding carboxylic acids is 1. The zero-order valence-corrected chi connectivity index (χ0v) is 11.9. The molecule has 0 bridgehead atoms. The molecule has 0 fully saturated rings. The molecule has 0 aliphatic rings. The number of hydrogen-bond donors (Lipinski definition) is 2. The Morgan fingerprint density at radius 2 is 2.10 bits per heavy atom. The minimum Gasteiger partial charge on any atom is -0.480 e. The number of sulfonamides is 1. The summed E-state index contributed by atoms with van der Waals surface area (Å²) in [6, 6.07) is 2.63. The first-order chi connectivity index (χ1) is 9.76. The molecule has 116 valence electrons. The topological polar surface area (TPSA) is 110 Å². The highest BCUT2D eigenvalue weighted by Gasteiger charge is 2.26. The van der Waals surface area contributed by atoms with Crippen molar-refractivity contribution in [2.75, 3.05) is 7.11 Å². The van der Waals surface area contributed by atoms with Gasteiger partial charge in [-0.1, -0.05) is 6.07 Å². The van der Waals surface area contributed by atoms with Crippen LogP contribution in [0.2, 0.25) is 0 Å². The largest absolute Gasteiger partial charge is 0.480 e. The fourth-order valence-corrected chi connectivity index (χ4v) is 2.74. The van der Waals surface area contributed by atoms with Crippen LogP contribution in [0, 0.1) is 5.82 Å². The van der Waals surface area contributed by atoms with Gasteiger partial charge < -0.3 is 9.84 Å². The second-order valence-electron chi connectivity index (χ2n) is 4.08. The van der Waals surface area contributed by atoms with Gasteiger partial charge in [0.1, 0.15) is 11.9 Å². The summed E-state index contributed by atoms with van der Waals surface area (Å²) in [5.74, 6) is -2.87. The standard InChI is InChI=1S/C12H14FNO6S/c1-20-11(15)6-5-10(12(16)17)14-21(18,19)9-4-2-3-8(13)7-9/h2-4,7,10,14H,5-6H2,1H3,(H,16,17)/t10-/m1/s1. The number of hydrogen-bond acceptors (Lipinski definition) is 5. The predicted molar refractivity (Wildman–Crippen MR) is 69.4 cm³/mol. The lowest BCUT2D eigenvalue weighted by Crippen LogP contribution is -2.41. The minimum atomic E-state index is -4.20. The third-order valence-electron chi connectivity index (χ3n) is 2.57. The number of methoxy groups -OCH3 is 1. The molecule has 0 aliphatic carbocycles. The van der Waals surface area contributed by atoms with Gasteiger partial charge in [0, 0.05) is 6.42 Å². The average Bonchev–Trinajstić information content (AvgIpc) is 2.42. The van der Waals surface area contributed by atoms with Crippen LogP contribution < -0.4 is 4.72 Å². The molecule has 1 aromatic carbocycles. The maximum atomic E-state index is 13.0. The lowest BCUT2D eigenvalue weighted by atomic mass is 10.2. The molecule has 0 amide bonds. The Kier molecular flexibility index (Phi) is 5.79. The van der Waals surface area contributed by atoms with Gasteiger partial charge in [-0.2, -0.15) is 4.72 Å². The van der Waals surface area contributed by atoms with E-state index < -0.39 is 38.7 Å². The molecular weight excluding hydrogens is 305 g/mol. The Morgan fingerprint density at radius 3 is 2.62 bits per heavy atom. The summed E-state index contributed by atoms with van der Waals surface area (Å²) in [6.07, 6.45) is -0.546. The van der Waals surface area contributed by atoms with Crippen molar-refractivity contribution in [2.24, 2.45) is 0 Å². The fraction of sp³-hybridized carbons (Fsp3) is 0.333. The number of carboxylic acid groups (broad SMARTS) is 1. The van der Waals surface area contributed by atoms with Crippen LogP contribution in [0.5, 0.6) is 0 Å². The van der Waals surface area contributed by atoms with Crippen LogP contribution in [0.1, 0.15) is 12.8 Å². The van der Waals surface area contributed by atoms with Gasteiger partial charge in [0.2, 0.25) is 10.0 Å². The summed E-state index contributed by atoms with van der Waals surface area (Å²) < 4.78 is 43.2. The van der Waals surface area contributed by atoms with Gasteiger partial charge in [0.15, 0.2) is 0 Å². The molecule has 0 aromatic heterocycles. The van der Waals surface area contributed by atoms with Crippen LogP contribution >= 0.6 is 0 Å². The molecule has 2 N–H and O–H groups in total. The molecule has 1 atom stereocenters. The van der Waals surface area contributed by atoms with Gasteiger partial charge in [-0.3, -0.25) is 9.59 Å². The number of ether oxygens (including phenoxy) is 1. The fourth-order valence-electron chi connectivity index (χ4n) is 1.49. The Balaban J connectivity index is 2.87. The first kappa shape index (κ1) is 17.1. The van der Waals surface area contributed by atoms with E-state index in [4.69, 9.17) is 5.11 Å². The predicted octanol–water partition coefficient (Wildman–Crippen LogP) is 0.510. The van der Waals surface area contributed by atoms with Gasteiger partial charge in [-0.05, 0) is 24.6 Å². The van der Waals surface area contributed by atoms with Crippen molar-refractivity contribution in [3.05, 3.63) is 30.1 Å². The first-order valence-corrected chi connectivity index (χ1v) is 7.32. The summed E-state index contributed by atoms with van der Waals surface area (Å²) in [7, 11) is -3.07. The second kappa shape index (κ2) is 7.14. The van der Waals surface area contributed by atoms with Crippen molar-refractivity contribution in [3.8, 4) is 0 Å². The normalized spacial score (nSPS) is 12.7. The van der Waals surface area contributed by atoms with Crippen LogP contribution in [0.15, 0.2) is 29.2 Å². The summed E-state index contributed by atoms with van der Waals surface area (Å²) in [5, 5.41) is 8.97. The van der Waals surface area contributed by atoms with Crippen molar-refractivity contribution in [3.63, 3.8) is 0 Å². The molecule has 21 heavy (non-hydrogen) atoms. The van der Waals surface area contributed by atoms with E-state index in [9.17, 15) is 22.4 Å². The number of carboxylic acids is 1. The van der Waals surface area contributed by atoms with E-state index >= 15 is 0 Å². The van der Waals surface area contributed by atoms with Gasteiger partial charge >= 0.3 is 11.9 Å².